The highest BCUT2D eigenvalue weighted by molar-refractivity contribution is 4.93. The Labute approximate surface area is 67.6 Å². The number of hydrogen-bond donors (Lipinski definition) is 0. The van der Waals surface area contributed by atoms with Crippen molar-refractivity contribution in [3.8, 4) is 0 Å². The summed E-state index contributed by atoms with van der Waals surface area (Å²) >= 11 is 0. The first-order valence-electron chi connectivity index (χ1n) is 3.73. The summed E-state index contributed by atoms with van der Waals surface area (Å²) in [5, 5.41) is 0. The van der Waals surface area contributed by atoms with Gasteiger partial charge in [-0.2, -0.15) is 0 Å². The van der Waals surface area contributed by atoms with Crippen LogP contribution in [0.2, 0.25) is 0 Å². The first-order chi connectivity index (χ1) is 5.29. The molecule has 1 aliphatic heterocycles. The summed E-state index contributed by atoms with van der Waals surface area (Å²) in [5.74, 6) is 0. The van der Waals surface area contributed by atoms with E-state index in [1.54, 1.807) is 14.2 Å². The van der Waals surface area contributed by atoms with Crippen LogP contribution in [-0.4, -0.2) is 38.5 Å². The summed E-state index contributed by atoms with van der Waals surface area (Å²) in [6, 6.07) is 0. The number of methoxy groups -OCH3 is 2. The smallest absolute Gasteiger partial charge is 0.155 e. The lowest BCUT2D eigenvalue weighted by molar-refractivity contribution is -0.0993. The summed E-state index contributed by atoms with van der Waals surface area (Å²) < 4.78 is 10.5. The average Bonchev–Trinajstić information content (AvgIpc) is 2.04. The van der Waals surface area contributed by atoms with Crippen molar-refractivity contribution in [1.82, 2.24) is 4.90 Å². The summed E-state index contributed by atoms with van der Waals surface area (Å²) in [7, 11) is 5.39. The van der Waals surface area contributed by atoms with Gasteiger partial charge < -0.3 is 14.4 Å². The van der Waals surface area contributed by atoms with Gasteiger partial charge in [0.15, 0.2) is 6.23 Å². The number of hydrogen-bond acceptors (Lipinski definition) is 3. The van der Waals surface area contributed by atoms with E-state index in [1.165, 1.54) is 0 Å². The standard InChI is InChI=1S/C8H15NO2/c1-9-6-4-5-7(10-2)8(9)11-3/h4,6-8H,5H2,1-3H3. The minimum Gasteiger partial charge on any atom is -0.376 e. The number of likely N-dealkylation sites (N-methyl/N-ethyl adjacent to an activating group) is 1. The molecule has 1 heterocycles. The Bertz CT molecular complexity index is 147. The van der Waals surface area contributed by atoms with Crippen molar-refractivity contribution in [1.29, 1.82) is 0 Å². The van der Waals surface area contributed by atoms with E-state index in [-0.39, 0.29) is 12.3 Å². The maximum Gasteiger partial charge on any atom is 0.155 e. The zero-order valence-corrected chi connectivity index (χ0v) is 7.28. The van der Waals surface area contributed by atoms with Gasteiger partial charge in [-0.25, -0.2) is 0 Å². The Morgan fingerprint density at radius 1 is 1.36 bits per heavy atom. The zero-order valence-electron chi connectivity index (χ0n) is 7.28. The van der Waals surface area contributed by atoms with E-state index in [2.05, 4.69) is 6.08 Å². The molecule has 1 aliphatic rings. The Kier molecular flexibility index (Phi) is 2.91. The molecule has 0 spiro atoms. The van der Waals surface area contributed by atoms with Gasteiger partial charge in [0, 0.05) is 21.3 Å². The van der Waals surface area contributed by atoms with E-state index in [0.29, 0.717) is 0 Å². The minimum atomic E-state index is 0.0602. The van der Waals surface area contributed by atoms with Gasteiger partial charge in [0.1, 0.15) is 6.10 Å². The van der Waals surface area contributed by atoms with E-state index in [9.17, 15) is 0 Å². The number of nitrogens with zero attached hydrogens (tertiary/aromatic N) is 1. The molecule has 0 amide bonds. The molecule has 0 radical (unpaired) electrons. The van der Waals surface area contributed by atoms with Gasteiger partial charge in [-0.05, 0) is 12.6 Å². The van der Waals surface area contributed by atoms with Gasteiger partial charge in [-0.3, -0.25) is 0 Å². The van der Waals surface area contributed by atoms with Crippen molar-refractivity contribution in [2.45, 2.75) is 18.8 Å². The Hall–Kier alpha value is -0.540. The molecule has 0 saturated carbocycles. The van der Waals surface area contributed by atoms with Crippen molar-refractivity contribution in [2.24, 2.45) is 0 Å². The molecule has 0 fully saturated rings. The van der Waals surface area contributed by atoms with Gasteiger partial charge >= 0.3 is 0 Å². The molecular formula is C8H15NO2. The van der Waals surface area contributed by atoms with Crippen LogP contribution in [0.4, 0.5) is 0 Å². The van der Waals surface area contributed by atoms with Crippen molar-refractivity contribution >= 4 is 0 Å². The second kappa shape index (κ2) is 3.74. The lowest BCUT2D eigenvalue weighted by Gasteiger charge is -2.34. The molecule has 0 aromatic heterocycles. The molecule has 1 rings (SSSR count). The highest BCUT2D eigenvalue weighted by atomic mass is 16.5. The minimum absolute atomic E-state index is 0.0602. The normalized spacial score (nSPS) is 31.0. The van der Waals surface area contributed by atoms with Crippen LogP contribution in [0.5, 0.6) is 0 Å². The predicted octanol–water partition coefficient (Wildman–Crippen LogP) is 0.823. The Morgan fingerprint density at radius 2 is 2.09 bits per heavy atom. The maximum atomic E-state index is 5.26. The third kappa shape index (κ3) is 1.73. The largest absolute Gasteiger partial charge is 0.376 e. The SMILES string of the molecule is COC1CC=CN(C)C1OC. The number of ether oxygens (including phenoxy) is 2. The fourth-order valence-electron chi connectivity index (χ4n) is 1.36. The predicted molar refractivity (Wildman–Crippen MR) is 43.1 cm³/mol. The molecule has 0 bridgehead atoms. The molecule has 64 valence electrons. The highest BCUT2D eigenvalue weighted by Crippen LogP contribution is 2.16. The number of rotatable bonds is 2. The van der Waals surface area contributed by atoms with E-state index < -0.39 is 0 Å². The molecule has 11 heavy (non-hydrogen) atoms. The second-order valence-electron chi connectivity index (χ2n) is 2.69. The molecule has 3 nitrogen and oxygen atoms in total. The Balaban J connectivity index is 2.60. The van der Waals surface area contributed by atoms with Crippen LogP contribution >= 0.6 is 0 Å². The van der Waals surface area contributed by atoms with Crippen molar-refractivity contribution in [2.75, 3.05) is 21.3 Å². The monoisotopic (exact) mass is 157 g/mol. The second-order valence-corrected chi connectivity index (χ2v) is 2.69. The summed E-state index contributed by atoms with van der Waals surface area (Å²) in [4.78, 5) is 2.01. The van der Waals surface area contributed by atoms with Gasteiger partial charge in [0.25, 0.3) is 0 Å². The quantitative estimate of drug-likeness (QED) is 0.592. The summed E-state index contributed by atoms with van der Waals surface area (Å²) in [5.41, 5.74) is 0. The third-order valence-corrected chi connectivity index (χ3v) is 1.97. The topological polar surface area (TPSA) is 21.7 Å². The molecule has 2 unspecified atom stereocenters. The Morgan fingerprint density at radius 3 is 2.55 bits per heavy atom. The molecule has 2 atom stereocenters. The molecule has 0 aromatic carbocycles. The molecule has 0 aromatic rings. The zero-order chi connectivity index (χ0) is 8.27. The van der Waals surface area contributed by atoms with Crippen molar-refractivity contribution < 1.29 is 9.47 Å². The van der Waals surface area contributed by atoms with Crippen LogP contribution in [0, 0.1) is 0 Å². The highest BCUT2D eigenvalue weighted by Gasteiger charge is 2.25. The van der Waals surface area contributed by atoms with E-state index >= 15 is 0 Å². The van der Waals surface area contributed by atoms with E-state index in [1.807, 2.05) is 18.1 Å². The van der Waals surface area contributed by atoms with Gasteiger partial charge in [-0.1, -0.05) is 6.08 Å². The van der Waals surface area contributed by atoms with Gasteiger partial charge in [-0.15, -0.1) is 0 Å². The van der Waals surface area contributed by atoms with Crippen LogP contribution in [0.3, 0.4) is 0 Å². The maximum absolute atomic E-state index is 5.26. The molecule has 0 aliphatic carbocycles. The fraction of sp³-hybridized carbons (Fsp3) is 0.750. The van der Waals surface area contributed by atoms with Gasteiger partial charge in [0.05, 0.1) is 0 Å². The van der Waals surface area contributed by atoms with Gasteiger partial charge in [0.2, 0.25) is 0 Å². The first kappa shape index (κ1) is 8.56. The van der Waals surface area contributed by atoms with E-state index in [4.69, 9.17) is 9.47 Å². The van der Waals surface area contributed by atoms with E-state index in [0.717, 1.165) is 6.42 Å². The van der Waals surface area contributed by atoms with Crippen molar-refractivity contribution in [3.05, 3.63) is 12.3 Å². The third-order valence-electron chi connectivity index (χ3n) is 1.97. The molecule has 0 N–H and O–H groups in total. The summed E-state index contributed by atoms with van der Waals surface area (Å²) in [6.45, 7) is 0. The first-order valence-corrected chi connectivity index (χ1v) is 3.73. The lowest BCUT2D eigenvalue weighted by atomic mass is 10.1. The van der Waals surface area contributed by atoms with Crippen LogP contribution in [-0.2, 0) is 9.47 Å². The fourth-order valence-corrected chi connectivity index (χ4v) is 1.36. The molecular weight excluding hydrogens is 142 g/mol. The summed E-state index contributed by atoms with van der Waals surface area (Å²) in [6.07, 6.45) is 5.26. The van der Waals surface area contributed by atoms with Crippen molar-refractivity contribution in [3.63, 3.8) is 0 Å². The lowest BCUT2D eigenvalue weighted by Crippen LogP contribution is -2.42. The van der Waals surface area contributed by atoms with Crippen LogP contribution in [0.25, 0.3) is 0 Å². The van der Waals surface area contributed by atoms with Crippen LogP contribution < -0.4 is 0 Å². The molecule has 0 saturated heterocycles. The van der Waals surface area contributed by atoms with Crippen LogP contribution in [0.15, 0.2) is 12.3 Å². The molecule has 3 heteroatoms. The van der Waals surface area contributed by atoms with Crippen LogP contribution in [0.1, 0.15) is 6.42 Å². The average molecular weight is 157 g/mol.